The molecule has 0 aliphatic rings. The molecule has 0 saturated heterocycles. The zero-order valence-corrected chi connectivity index (χ0v) is 22.4. The van der Waals surface area contributed by atoms with Crippen molar-refractivity contribution in [3.05, 3.63) is 63.9 Å². The van der Waals surface area contributed by atoms with Crippen LogP contribution in [0, 0.1) is 11.7 Å². The molecule has 0 fully saturated rings. The number of benzene rings is 2. The van der Waals surface area contributed by atoms with E-state index in [9.17, 15) is 22.4 Å². The standard InChI is InChI=1S/C24H30Cl2FN3O4S/c1-5-22(24(32)28-13-16(2)3)29(14-17-9-10-18(25)11-21(17)26)23(31)15-30(35(4,33)34)20-8-6-7-19(27)12-20/h6-12,16,22H,5,13-15H2,1-4H3,(H,28,32)/t22-/m1/s1. The summed E-state index contributed by atoms with van der Waals surface area (Å²) in [5.41, 5.74) is 0.541. The van der Waals surface area contributed by atoms with E-state index in [2.05, 4.69) is 5.32 Å². The van der Waals surface area contributed by atoms with Gasteiger partial charge in [-0.25, -0.2) is 12.8 Å². The highest BCUT2D eigenvalue weighted by Gasteiger charge is 2.32. The number of sulfonamides is 1. The molecule has 0 aromatic heterocycles. The van der Waals surface area contributed by atoms with Crippen molar-refractivity contribution in [2.75, 3.05) is 23.7 Å². The van der Waals surface area contributed by atoms with E-state index in [0.717, 1.165) is 16.6 Å². The topological polar surface area (TPSA) is 86.8 Å². The second-order valence-electron chi connectivity index (χ2n) is 8.57. The second kappa shape index (κ2) is 12.6. The van der Waals surface area contributed by atoms with Crippen LogP contribution in [0.5, 0.6) is 0 Å². The summed E-state index contributed by atoms with van der Waals surface area (Å²) in [7, 11) is -3.95. The largest absolute Gasteiger partial charge is 0.354 e. The molecular formula is C24H30Cl2FN3O4S. The number of carbonyl (C=O) groups is 2. The fourth-order valence-corrected chi connectivity index (χ4v) is 4.73. The predicted molar refractivity (Wildman–Crippen MR) is 138 cm³/mol. The lowest BCUT2D eigenvalue weighted by Crippen LogP contribution is -2.52. The first-order valence-corrected chi connectivity index (χ1v) is 13.7. The molecular weight excluding hydrogens is 516 g/mol. The summed E-state index contributed by atoms with van der Waals surface area (Å²) in [5, 5.41) is 3.55. The molecule has 1 atom stereocenters. The highest BCUT2D eigenvalue weighted by atomic mass is 35.5. The summed E-state index contributed by atoms with van der Waals surface area (Å²) in [5.74, 6) is -1.46. The quantitative estimate of drug-likeness (QED) is 0.451. The lowest BCUT2D eigenvalue weighted by Gasteiger charge is -2.33. The van der Waals surface area contributed by atoms with Gasteiger partial charge in [-0.3, -0.25) is 13.9 Å². The molecule has 2 aromatic rings. The summed E-state index contributed by atoms with van der Waals surface area (Å²) >= 11 is 12.3. The number of amides is 2. The van der Waals surface area contributed by atoms with Crippen molar-refractivity contribution in [2.45, 2.75) is 39.8 Å². The van der Waals surface area contributed by atoms with E-state index >= 15 is 0 Å². The number of anilines is 1. The van der Waals surface area contributed by atoms with Crippen molar-refractivity contribution in [1.29, 1.82) is 0 Å². The van der Waals surface area contributed by atoms with E-state index in [1.165, 1.54) is 29.2 Å². The maximum Gasteiger partial charge on any atom is 0.244 e. The first-order valence-electron chi connectivity index (χ1n) is 11.1. The fourth-order valence-electron chi connectivity index (χ4n) is 3.42. The van der Waals surface area contributed by atoms with Crippen LogP contribution in [0.25, 0.3) is 0 Å². The Kier molecular flexibility index (Phi) is 10.4. The second-order valence-corrected chi connectivity index (χ2v) is 11.3. The Bertz CT molecular complexity index is 1160. The van der Waals surface area contributed by atoms with Crippen LogP contribution >= 0.6 is 23.2 Å². The van der Waals surface area contributed by atoms with Gasteiger partial charge in [0.05, 0.1) is 11.9 Å². The van der Waals surface area contributed by atoms with Crippen LogP contribution in [0.4, 0.5) is 10.1 Å². The third kappa shape index (κ3) is 8.37. The van der Waals surface area contributed by atoms with Gasteiger partial charge in [0.2, 0.25) is 21.8 Å². The van der Waals surface area contributed by atoms with Crippen molar-refractivity contribution in [3.8, 4) is 0 Å². The Morgan fingerprint density at radius 1 is 1.11 bits per heavy atom. The first kappa shape index (κ1) is 28.9. The number of hydrogen-bond donors (Lipinski definition) is 1. The summed E-state index contributed by atoms with van der Waals surface area (Å²) in [6.45, 7) is 5.38. The number of carbonyl (C=O) groups excluding carboxylic acids is 2. The van der Waals surface area contributed by atoms with Gasteiger partial charge < -0.3 is 10.2 Å². The van der Waals surface area contributed by atoms with E-state index < -0.39 is 34.3 Å². The van der Waals surface area contributed by atoms with E-state index in [4.69, 9.17) is 23.2 Å². The molecule has 0 spiro atoms. The van der Waals surface area contributed by atoms with Crippen LogP contribution in [0.15, 0.2) is 42.5 Å². The molecule has 2 aromatic carbocycles. The number of nitrogens with zero attached hydrogens (tertiary/aromatic N) is 2. The highest BCUT2D eigenvalue weighted by Crippen LogP contribution is 2.25. The van der Waals surface area contributed by atoms with Gasteiger partial charge in [-0.15, -0.1) is 0 Å². The Balaban J connectivity index is 2.46. The van der Waals surface area contributed by atoms with Crippen molar-refractivity contribution in [1.82, 2.24) is 10.2 Å². The molecule has 11 heteroatoms. The van der Waals surface area contributed by atoms with Gasteiger partial charge in [0, 0.05) is 23.1 Å². The molecule has 0 unspecified atom stereocenters. The van der Waals surface area contributed by atoms with Crippen molar-refractivity contribution < 1.29 is 22.4 Å². The van der Waals surface area contributed by atoms with E-state index in [1.54, 1.807) is 19.1 Å². The van der Waals surface area contributed by atoms with Crippen LogP contribution in [-0.4, -0.2) is 50.5 Å². The predicted octanol–water partition coefficient (Wildman–Crippen LogP) is 4.48. The van der Waals surface area contributed by atoms with Gasteiger partial charge in [0.1, 0.15) is 18.4 Å². The Hall–Kier alpha value is -2.36. The van der Waals surface area contributed by atoms with Gasteiger partial charge in [0.25, 0.3) is 0 Å². The summed E-state index contributed by atoms with van der Waals surface area (Å²) in [6, 6.07) is 8.84. The SMILES string of the molecule is CC[C@H](C(=O)NCC(C)C)N(Cc1ccc(Cl)cc1Cl)C(=O)CN(c1cccc(F)c1)S(C)(=O)=O. The Labute approximate surface area is 216 Å². The maximum atomic E-state index is 13.8. The van der Waals surface area contributed by atoms with Gasteiger partial charge in [0.15, 0.2) is 0 Å². The molecule has 192 valence electrons. The third-order valence-corrected chi connectivity index (χ3v) is 6.93. The third-order valence-electron chi connectivity index (χ3n) is 5.20. The lowest BCUT2D eigenvalue weighted by atomic mass is 10.1. The highest BCUT2D eigenvalue weighted by molar-refractivity contribution is 7.92. The minimum atomic E-state index is -3.95. The molecule has 0 bridgehead atoms. The Morgan fingerprint density at radius 3 is 2.34 bits per heavy atom. The smallest absolute Gasteiger partial charge is 0.244 e. The average molecular weight is 546 g/mol. The molecule has 1 N–H and O–H groups in total. The monoisotopic (exact) mass is 545 g/mol. The fraction of sp³-hybridized carbons (Fsp3) is 0.417. The minimum Gasteiger partial charge on any atom is -0.354 e. The number of hydrogen-bond acceptors (Lipinski definition) is 4. The molecule has 0 aliphatic heterocycles. The van der Waals surface area contributed by atoms with E-state index in [0.29, 0.717) is 22.2 Å². The maximum absolute atomic E-state index is 13.8. The zero-order chi connectivity index (χ0) is 26.3. The van der Waals surface area contributed by atoms with Gasteiger partial charge in [-0.1, -0.05) is 56.1 Å². The van der Waals surface area contributed by atoms with Crippen LogP contribution < -0.4 is 9.62 Å². The van der Waals surface area contributed by atoms with Crippen LogP contribution in [0.3, 0.4) is 0 Å². The van der Waals surface area contributed by atoms with Gasteiger partial charge >= 0.3 is 0 Å². The Morgan fingerprint density at radius 2 is 1.80 bits per heavy atom. The summed E-state index contributed by atoms with van der Waals surface area (Å²) in [4.78, 5) is 27.9. The molecule has 2 amide bonds. The normalized spacial score (nSPS) is 12.3. The van der Waals surface area contributed by atoms with Gasteiger partial charge in [-0.05, 0) is 48.2 Å². The van der Waals surface area contributed by atoms with Crippen LogP contribution in [-0.2, 0) is 26.2 Å². The van der Waals surface area contributed by atoms with Crippen molar-refractivity contribution in [3.63, 3.8) is 0 Å². The number of nitrogens with one attached hydrogen (secondary N) is 1. The van der Waals surface area contributed by atoms with Crippen LogP contribution in [0.2, 0.25) is 10.0 Å². The molecule has 0 heterocycles. The summed E-state index contributed by atoms with van der Waals surface area (Å²) < 4.78 is 39.7. The minimum absolute atomic E-state index is 0.00244. The van der Waals surface area contributed by atoms with Crippen LogP contribution in [0.1, 0.15) is 32.8 Å². The molecule has 0 radical (unpaired) electrons. The summed E-state index contributed by atoms with van der Waals surface area (Å²) in [6.07, 6.45) is 1.21. The number of halogens is 3. The number of rotatable bonds is 11. The van der Waals surface area contributed by atoms with E-state index in [1.807, 2.05) is 13.8 Å². The molecule has 0 aliphatic carbocycles. The van der Waals surface area contributed by atoms with Crippen molar-refractivity contribution in [2.24, 2.45) is 5.92 Å². The molecule has 35 heavy (non-hydrogen) atoms. The average Bonchev–Trinajstić information content (AvgIpc) is 2.76. The molecule has 7 nitrogen and oxygen atoms in total. The lowest BCUT2D eigenvalue weighted by molar-refractivity contribution is -0.140. The molecule has 0 saturated carbocycles. The van der Waals surface area contributed by atoms with Crippen molar-refractivity contribution >= 4 is 50.7 Å². The zero-order valence-electron chi connectivity index (χ0n) is 20.1. The molecule has 2 rings (SSSR count). The van der Waals surface area contributed by atoms with Gasteiger partial charge in [-0.2, -0.15) is 0 Å². The first-order chi connectivity index (χ1) is 16.3. The van der Waals surface area contributed by atoms with E-state index in [-0.39, 0.29) is 30.5 Å².